The number of unbranched alkanes of at least 4 members (excludes halogenated alkanes) is 1. The van der Waals surface area contributed by atoms with Gasteiger partial charge in [0.1, 0.15) is 0 Å². The lowest BCUT2D eigenvalue weighted by molar-refractivity contribution is -0.121. The minimum Gasteiger partial charge on any atom is -0.294 e. The Bertz CT molecular complexity index is 359. The molecule has 5 heteroatoms. The van der Waals surface area contributed by atoms with E-state index in [4.69, 9.17) is 5.84 Å². The number of aryl methyl sites for hydroxylation is 3. The first-order valence-corrected chi connectivity index (χ1v) is 6.26. The number of amides is 1. The van der Waals surface area contributed by atoms with Gasteiger partial charge in [-0.15, -0.1) is 0 Å². The fourth-order valence-electron chi connectivity index (χ4n) is 1.79. The second-order valence-electron chi connectivity index (χ2n) is 4.08. The van der Waals surface area contributed by atoms with Crippen molar-refractivity contribution in [1.82, 2.24) is 15.2 Å². The molecule has 0 aliphatic rings. The Morgan fingerprint density at radius 2 is 2.18 bits per heavy atom. The topological polar surface area (TPSA) is 72.9 Å². The average Bonchev–Trinajstić information content (AvgIpc) is 2.76. The zero-order valence-electron chi connectivity index (χ0n) is 10.7. The predicted octanol–water partition coefficient (Wildman–Crippen LogP) is 1.17. The van der Waals surface area contributed by atoms with Crippen molar-refractivity contribution < 1.29 is 4.79 Å². The summed E-state index contributed by atoms with van der Waals surface area (Å²) in [5.74, 6) is 4.91. The fraction of sp³-hybridized carbons (Fsp3) is 0.667. The number of carbonyl (C=O) groups is 1. The molecule has 0 aromatic carbocycles. The SMILES string of the molecule is CCc1cc(CC)n(CCCCC(=O)NN)n1. The van der Waals surface area contributed by atoms with Gasteiger partial charge in [-0.05, 0) is 31.7 Å². The predicted molar refractivity (Wildman–Crippen MR) is 67.2 cm³/mol. The summed E-state index contributed by atoms with van der Waals surface area (Å²) in [6.45, 7) is 5.12. The lowest BCUT2D eigenvalue weighted by Gasteiger charge is -2.05. The maximum absolute atomic E-state index is 10.9. The second-order valence-corrected chi connectivity index (χ2v) is 4.08. The van der Waals surface area contributed by atoms with Crippen LogP contribution in [0.5, 0.6) is 0 Å². The Kier molecular flexibility index (Phi) is 5.69. The Labute approximate surface area is 102 Å². The number of hydrogen-bond acceptors (Lipinski definition) is 3. The Balaban J connectivity index is 2.40. The minimum absolute atomic E-state index is 0.101. The lowest BCUT2D eigenvalue weighted by Crippen LogP contribution is -2.29. The number of hydrazine groups is 1. The molecule has 3 N–H and O–H groups in total. The molecule has 0 saturated carbocycles. The van der Waals surface area contributed by atoms with Gasteiger partial charge in [0.05, 0.1) is 5.69 Å². The molecular formula is C12H22N4O. The maximum Gasteiger partial charge on any atom is 0.233 e. The first-order chi connectivity index (χ1) is 8.21. The van der Waals surface area contributed by atoms with Crippen molar-refractivity contribution in [2.24, 2.45) is 5.84 Å². The fourth-order valence-corrected chi connectivity index (χ4v) is 1.79. The molecule has 1 heterocycles. The number of nitrogens with zero attached hydrogens (tertiary/aromatic N) is 2. The summed E-state index contributed by atoms with van der Waals surface area (Å²) in [7, 11) is 0. The van der Waals surface area contributed by atoms with Gasteiger partial charge in [0, 0.05) is 18.7 Å². The molecule has 17 heavy (non-hydrogen) atoms. The highest BCUT2D eigenvalue weighted by Crippen LogP contribution is 2.08. The van der Waals surface area contributed by atoms with Gasteiger partial charge in [0.15, 0.2) is 0 Å². The van der Waals surface area contributed by atoms with E-state index in [9.17, 15) is 4.79 Å². The van der Waals surface area contributed by atoms with Gasteiger partial charge in [0.2, 0.25) is 5.91 Å². The minimum atomic E-state index is -0.101. The molecule has 0 fully saturated rings. The van der Waals surface area contributed by atoms with Crippen molar-refractivity contribution in [2.45, 2.75) is 52.5 Å². The molecule has 0 bridgehead atoms. The van der Waals surface area contributed by atoms with Gasteiger partial charge in [-0.1, -0.05) is 13.8 Å². The van der Waals surface area contributed by atoms with Crippen LogP contribution in [0.2, 0.25) is 0 Å². The van der Waals surface area contributed by atoms with Crippen LogP contribution in [0.4, 0.5) is 0 Å². The summed E-state index contributed by atoms with van der Waals surface area (Å²) < 4.78 is 2.05. The third-order valence-corrected chi connectivity index (χ3v) is 2.82. The molecule has 5 nitrogen and oxygen atoms in total. The van der Waals surface area contributed by atoms with Crippen LogP contribution >= 0.6 is 0 Å². The van der Waals surface area contributed by atoms with Crippen LogP contribution in [0.25, 0.3) is 0 Å². The standard InChI is InChI=1S/C12H22N4O/c1-3-10-9-11(4-2)16(15-10)8-6-5-7-12(17)14-13/h9H,3-8,13H2,1-2H3,(H,14,17). The van der Waals surface area contributed by atoms with Gasteiger partial charge < -0.3 is 0 Å². The molecule has 0 saturated heterocycles. The van der Waals surface area contributed by atoms with Crippen LogP contribution in [-0.2, 0) is 24.2 Å². The molecule has 0 aliphatic heterocycles. The van der Waals surface area contributed by atoms with E-state index in [0.29, 0.717) is 6.42 Å². The summed E-state index contributed by atoms with van der Waals surface area (Å²) >= 11 is 0. The van der Waals surface area contributed by atoms with E-state index in [2.05, 4.69) is 35.1 Å². The number of rotatable bonds is 7. The Morgan fingerprint density at radius 3 is 2.76 bits per heavy atom. The monoisotopic (exact) mass is 238 g/mol. The van der Waals surface area contributed by atoms with Crippen molar-refractivity contribution in [2.75, 3.05) is 0 Å². The largest absolute Gasteiger partial charge is 0.294 e. The van der Waals surface area contributed by atoms with Crippen LogP contribution < -0.4 is 11.3 Å². The zero-order valence-corrected chi connectivity index (χ0v) is 10.7. The average molecular weight is 238 g/mol. The van der Waals surface area contributed by atoms with Crippen molar-refractivity contribution in [3.8, 4) is 0 Å². The van der Waals surface area contributed by atoms with Crippen molar-refractivity contribution >= 4 is 5.91 Å². The number of hydrogen-bond donors (Lipinski definition) is 2. The van der Waals surface area contributed by atoms with Crippen LogP contribution in [0.3, 0.4) is 0 Å². The van der Waals surface area contributed by atoms with E-state index >= 15 is 0 Å². The summed E-state index contributed by atoms with van der Waals surface area (Å²) in [5.41, 5.74) is 4.55. The summed E-state index contributed by atoms with van der Waals surface area (Å²) in [5, 5.41) is 4.53. The van der Waals surface area contributed by atoms with E-state index in [1.54, 1.807) is 0 Å². The van der Waals surface area contributed by atoms with Crippen molar-refractivity contribution in [3.63, 3.8) is 0 Å². The van der Waals surface area contributed by atoms with Crippen molar-refractivity contribution in [1.29, 1.82) is 0 Å². The summed E-state index contributed by atoms with van der Waals surface area (Å²) in [6.07, 6.45) is 4.24. The van der Waals surface area contributed by atoms with E-state index < -0.39 is 0 Å². The van der Waals surface area contributed by atoms with Crippen LogP contribution in [0.15, 0.2) is 6.07 Å². The van der Waals surface area contributed by atoms with E-state index in [1.807, 2.05) is 0 Å². The highest BCUT2D eigenvalue weighted by molar-refractivity contribution is 5.74. The highest BCUT2D eigenvalue weighted by Gasteiger charge is 2.05. The molecule has 1 rings (SSSR count). The number of carbonyl (C=O) groups excluding carboxylic acids is 1. The van der Waals surface area contributed by atoms with Crippen molar-refractivity contribution in [3.05, 3.63) is 17.5 Å². The molecule has 0 spiro atoms. The zero-order chi connectivity index (χ0) is 12.7. The molecule has 0 aliphatic carbocycles. The Morgan fingerprint density at radius 1 is 1.41 bits per heavy atom. The van der Waals surface area contributed by atoms with E-state index in [-0.39, 0.29) is 5.91 Å². The summed E-state index contributed by atoms with van der Waals surface area (Å²) in [6, 6.07) is 2.16. The third-order valence-electron chi connectivity index (χ3n) is 2.82. The van der Waals surface area contributed by atoms with E-state index in [1.165, 1.54) is 5.69 Å². The molecule has 0 unspecified atom stereocenters. The van der Waals surface area contributed by atoms with Crippen LogP contribution in [-0.4, -0.2) is 15.7 Å². The second kappa shape index (κ2) is 7.06. The van der Waals surface area contributed by atoms with Gasteiger partial charge in [-0.2, -0.15) is 5.10 Å². The quantitative estimate of drug-likeness (QED) is 0.324. The van der Waals surface area contributed by atoms with Crippen LogP contribution in [0, 0.1) is 0 Å². The number of nitrogens with one attached hydrogen (secondary N) is 1. The molecule has 1 aromatic heterocycles. The first-order valence-electron chi connectivity index (χ1n) is 6.26. The molecule has 96 valence electrons. The normalized spacial score (nSPS) is 10.5. The van der Waals surface area contributed by atoms with Gasteiger partial charge in [0.25, 0.3) is 0 Å². The molecular weight excluding hydrogens is 216 g/mol. The molecule has 0 radical (unpaired) electrons. The highest BCUT2D eigenvalue weighted by atomic mass is 16.2. The van der Waals surface area contributed by atoms with E-state index in [0.717, 1.165) is 37.9 Å². The molecule has 1 aromatic rings. The van der Waals surface area contributed by atoms with Crippen LogP contribution in [0.1, 0.15) is 44.5 Å². The molecule has 1 amide bonds. The summed E-state index contributed by atoms with van der Waals surface area (Å²) in [4.78, 5) is 10.9. The number of nitrogens with two attached hydrogens (primary N) is 1. The number of aromatic nitrogens is 2. The molecule has 0 atom stereocenters. The Hall–Kier alpha value is -1.36. The lowest BCUT2D eigenvalue weighted by atomic mass is 10.2. The van der Waals surface area contributed by atoms with Gasteiger partial charge in [-0.25, -0.2) is 5.84 Å². The maximum atomic E-state index is 10.9. The van der Waals surface area contributed by atoms with Gasteiger partial charge in [-0.3, -0.25) is 14.9 Å². The third kappa shape index (κ3) is 4.19. The smallest absolute Gasteiger partial charge is 0.233 e. The first kappa shape index (κ1) is 13.7. The van der Waals surface area contributed by atoms with Gasteiger partial charge >= 0.3 is 0 Å².